The van der Waals surface area contributed by atoms with Gasteiger partial charge in [-0.15, -0.1) is 17.9 Å². The molecule has 0 saturated carbocycles. The summed E-state index contributed by atoms with van der Waals surface area (Å²) in [5.74, 6) is -0.0428. The monoisotopic (exact) mass is 447 g/mol. The summed E-state index contributed by atoms with van der Waals surface area (Å²) < 4.78 is 2.41. The summed E-state index contributed by atoms with van der Waals surface area (Å²) in [6, 6.07) is 9.29. The fourth-order valence-electron chi connectivity index (χ4n) is 1.83. The van der Waals surface area contributed by atoms with E-state index in [9.17, 15) is 4.79 Å². The fourth-order valence-corrected chi connectivity index (χ4v) is 4.15. The highest BCUT2D eigenvalue weighted by molar-refractivity contribution is 9.11. The number of nitrogens with zero attached hydrogens (tertiary/aromatic N) is 1. The van der Waals surface area contributed by atoms with Gasteiger partial charge in [0.2, 0.25) is 0 Å². The van der Waals surface area contributed by atoms with Crippen LogP contribution in [-0.4, -0.2) is 17.4 Å². The number of carbonyl (C=O) groups is 1. The van der Waals surface area contributed by atoms with Crippen molar-refractivity contribution in [2.24, 2.45) is 0 Å². The van der Waals surface area contributed by atoms with Gasteiger partial charge in [-0.1, -0.05) is 33.6 Å². The standard InChI is InChI=1S/C15H12Br2ClNOS/c1-2-7-19(9-11-4-6-14(18)21-11)15(20)12-5-3-10(16)8-13(12)17/h2-6,8H,1,7,9H2. The normalized spacial score (nSPS) is 10.4. The molecule has 0 aliphatic heterocycles. The van der Waals surface area contributed by atoms with Gasteiger partial charge < -0.3 is 4.90 Å². The molecule has 2 aromatic rings. The van der Waals surface area contributed by atoms with Crippen molar-refractivity contribution in [2.75, 3.05) is 6.54 Å². The van der Waals surface area contributed by atoms with E-state index in [4.69, 9.17) is 11.6 Å². The minimum Gasteiger partial charge on any atom is -0.330 e. The summed E-state index contributed by atoms with van der Waals surface area (Å²) in [6.45, 7) is 4.73. The lowest BCUT2D eigenvalue weighted by atomic mass is 10.2. The van der Waals surface area contributed by atoms with Gasteiger partial charge in [-0.2, -0.15) is 0 Å². The van der Waals surface area contributed by atoms with E-state index < -0.39 is 0 Å². The van der Waals surface area contributed by atoms with Crippen molar-refractivity contribution in [3.63, 3.8) is 0 Å². The Bertz CT molecular complexity index is 671. The molecule has 110 valence electrons. The number of hydrogen-bond acceptors (Lipinski definition) is 2. The first-order valence-corrected chi connectivity index (χ1v) is 8.88. The molecule has 0 aliphatic rings. The van der Waals surface area contributed by atoms with E-state index in [1.165, 1.54) is 11.3 Å². The van der Waals surface area contributed by atoms with E-state index in [0.717, 1.165) is 18.2 Å². The number of thiophene rings is 1. The molecule has 0 unspecified atom stereocenters. The lowest BCUT2D eigenvalue weighted by Crippen LogP contribution is -2.30. The Balaban J connectivity index is 2.24. The zero-order valence-electron chi connectivity index (χ0n) is 11.0. The van der Waals surface area contributed by atoms with Crippen molar-refractivity contribution < 1.29 is 4.79 Å². The molecule has 2 nitrogen and oxygen atoms in total. The molecule has 1 aromatic heterocycles. The van der Waals surface area contributed by atoms with Crippen LogP contribution < -0.4 is 0 Å². The van der Waals surface area contributed by atoms with Crippen LogP contribution in [0.3, 0.4) is 0 Å². The molecule has 0 fully saturated rings. The highest BCUT2D eigenvalue weighted by Crippen LogP contribution is 2.26. The third kappa shape index (κ3) is 4.42. The first-order valence-electron chi connectivity index (χ1n) is 6.10. The number of benzene rings is 1. The predicted molar refractivity (Wildman–Crippen MR) is 96.1 cm³/mol. The van der Waals surface area contributed by atoms with Crippen LogP contribution in [0.2, 0.25) is 4.34 Å². The summed E-state index contributed by atoms with van der Waals surface area (Å²) in [4.78, 5) is 15.5. The Morgan fingerprint density at radius 1 is 1.33 bits per heavy atom. The number of halogens is 3. The maximum atomic E-state index is 12.7. The van der Waals surface area contributed by atoms with Gasteiger partial charge >= 0.3 is 0 Å². The maximum absolute atomic E-state index is 12.7. The molecule has 0 radical (unpaired) electrons. The maximum Gasteiger partial charge on any atom is 0.255 e. The minimum absolute atomic E-state index is 0.0428. The Morgan fingerprint density at radius 2 is 2.10 bits per heavy atom. The molecule has 0 spiro atoms. The van der Waals surface area contributed by atoms with Crippen LogP contribution in [0.4, 0.5) is 0 Å². The van der Waals surface area contributed by atoms with Gasteiger partial charge in [0.1, 0.15) is 0 Å². The van der Waals surface area contributed by atoms with Crippen molar-refractivity contribution in [2.45, 2.75) is 6.54 Å². The second-order valence-corrected chi connectivity index (χ2v) is 7.87. The van der Waals surface area contributed by atoms with Crippen LogP contribution >= 0.6 is 54.8 Å². The van der Waals surface area contributed by atoms with Gasteiger partial charge in [-0.25, -0.2) is 0 Å². The molecule has 21 heavy (non-hydrogen) atoms. The van der Waals surface area contributed by atoms with E-state index in [1.807, 2.05) is 24.3 Å². The third-order valence-corrected chi connectivity index (χ3v) is 5.14. The minimum atomic E-state index is -0.0428. The average molecular weight is 450 g/mol. The van der Waals surface area contributed by atoms with Gasteiger partial charge in [0.05, 0.1) is 16.4 Å². The molecule has 0 atom stereocenters. The Morgan fingerprint density at radius 3 is 2.67 bits per heavy atom. The zero-order valence-corrected chi connectivity index (χ0v) is 15.7. The molecule has 0 saturated heterocycles. The second-order valence-electron chi connectivity index (χ2n) is 4.30. The quantitative estimate of drug-likeness (QED) is 0.532. The average Bonchev–Trinajstić information content (AvgIpc) is 2.83. The molecule has 0 N–H and O–H groups in total. The van der Waals surface area contributed by atoms with Gasteiger partial charge in [-0.05, 0) is 46.3 Å². The van der Waals surface area contributed by atoms with Crippen molar-refractivity contribution in [3.8, 4) is 0 Å². The molecule has 0 bridgehead atoms. The van der Waals surface area contributed by atoms with Crippen LogP contribution in [0.1, 0.15) is 15.2 Å². The smallest absolute Gasteiger partial charge is 0.255 e. The Kier molecular flexibility index (Phi) is 6.05. The first-order chi connectivity index (χ1) is 10.0. The Hall–Kier alpha value is -0.620. The van der Waals surface area contributed by atoms with Crippen LogP contribution in [-0.2, 0) is 6.54 Å². The number of hydrogen-bond donors (Lipinski definition) is 0. The largest absolute Gasteiger partial charge is 0.330 e. The van der Waals surface area contributed by atoms with Gasteiger partial charge in [0.15, 0.2) is 0 Å². The molecule has 6 heteroatoms. The molecule has 1 amide bonds. The summed E-state index contributed by atoms with van der Waals surface area (Å²) in [5, 5.41) is 0. The summed E-state index contributed by atoms with van der Waals surface area (Å²) in [6.07, 6.45) is 1.72. The summed E-state index contributed by atoms with van der Waals surface area (Å²) >= 11 is 14.2. The fraction of sp³-hybridized carbons (Fsp3) is 0.133. The van der Waals surface area contributed by atoms with E-state index in [-0.39, 0.29) is 5.91 Å². The molecule has 2 rings (SSSR count). The SMILES string of the molecule is C=CCN(Cc1ccc(Cl)s1)C(=O)c1ccc(Br)cc1Br. The van der Waals surface area contributed by atoms with Crippen molar-refractivity contribution in [1.29, 1.82) is 0 Å². The number of carbonyl (C=O) groups excluding carboxylic acids is 1. The predicted octanol–water partition coefficient (Wildman–Crippen LogP) is 5.75. The van der Waals surface area contributed by atoms with E-state index in [2.05, 4.69) is 38.4 Å². The third-order valence-electron chi connectivity index (χ3n) is 2.77. The number of rotatable bonds is 5. The highest BCUT2D eigenvalue weighted by Gasteiger charge is 2.18. The molecular weight excluding hydrogens is 437 g/mol. The van der Waals surface area contributed by atoms with E-state index >= 15 is 0 Å². The molecular formula is C15H12Br2ClNOS. The topological polar surface area (TPSA) is 20.3 Å². The number of amides is 1. The lowest BCUT2D eigenvalue weighted by molar-refractivity contribution is 0.0763. The van der Waals surface area contributed by atoms with Crippen molar-refractivity contribution in [1.82, 2.24) is 4.90 Å². The van der Waals surface area contributed by atoms with Gasteiger partial charge in [-0.3, -0.25) is 4.79 Å². The first kappa shape index (κ1) is 16.7. The molecule has 1 aromatic carbocycles. The second kappa shape index (κ2) is 7.58. The van der Waals surface area contributed by atoms with E-state index in [0.29, 0.717) is 18.7 Å². The van der Waals surface area contributed by atoms with Crippen molar-refractivity contribution in [3.05, 3.63) is 66.7 Å². The highest BCUT2D eigenvalue weighted by atomic mass is 79.9. The van der Waals surface area contributed by atoms with Gasteiger partial charge in [0, 0.05) is 20.4 Å². The zero-order chi connectivity index (χ0) is 15.4. The summed E-state index contributed by atoms with van der Waals surface area (Å²) in [5.41, 5.74) is 0.628. The van der Waals surface area contributed by atoms with E-state index in [1.54, 1.807) is 17.0 Å². The summed E-state index contributed by atoms with van der Waals surface area (Å²) in [7, 11) is 0. The van der Waals surface area contributed by atoms with Crippen LogP contribution in [0.5, 0.6) is 0 Å². The van der Waals surface area contributed by atoms with Crippen LogP contribution in [0, 0.1) is 0 Å². The lowest BCUT2D eigenvalue weighted by Gasteiger charge is -2.21. The van der Waals surface area contributed by atoms with Gasteiger partial charge in [0.25, 0.3) is 5.91 Å². The van der Waals surface area contributed by atoms with Crippen molar-refractivity contribution >= 4 is 60.7 Å². The Labute approximate surface area is 149 Å². The molecule has 0 aliphatic carbocycles. The van der Waals surface area contributed by atoms with Crippen LogP contribution in [0.15, 0.2) is 51.9 Å². The van der Waals surface area contributed by atoms with Crippen LogP contribution in [0.25, 0.3) is 0 Å². The molecule has 1 heterocycles.